The number of amides is 1. The second kappa shape index (κ2) is 5.00. The molecule has 5 heteroatoms. The molecule has 1 amide bonds. The standard InChI is InChI=1S/C10H18N4O/c15-9(14-8-3-4-8)2-1-5-11-10-12-6-7-13-10/h8H,1-7H2,(H,14,15)(H2,11,12,13). The zero-order valence-electron chi connectivity index (χ0n) is 8.88. The molecule has 84 valence electrons. The smallest absolute Gasteiger partial charge is 0.220 e. The predicted molar refractivity (Wildman–Crippen MR) is 58.7 cm³/mol. The van der Waals surface area contributed by atoms with E-state index >= 15 is 0 Å². The van der Waals surface area contributed by atoms with Crippen LogP contribution in [0.4, 0.5) is 0 Å². The Morgan fingerprint density at radius 1 is 1.53 bits per heavy atom. The van der Waals surface area contributed by atoms with Crippen molar-refractivity contribution in [1.82, 2.24) is 16.0 Å². The van der Waals surface area contributed by atoms with Gasteiger partial charge in [0, 0.05) is 25.6 Å². The van der Waals surface area contributed by atoms with Crippen LogP contribution >= 0.6 is 0 Å². The highest BCUT2D eigenvalue weighted by atomic mass is 16.1. The third-order valence-corrected chi connectivity index (χ3v) is 2.49. The van der Waals surface area contributed by atoms with Crippen molar-refractivity contribution in [2.75, 3.05) is 19.6 Å². The average molecular weight is 210 g/mol. The lowest BCUT2D eigenvalue weighted by Crippen LogP contribution is -2.35. The number of guanidine groups is 1. The molecule has 0 saturated heterocycles. The van der Waals surface area contributed by atoms with E-state index in [2.05, 4.69) is 20.9 Å². The highest BCUT2D eigenvalue weighted by molar-refractivity contribution is 5.81. The zero-order valence-corrected chi connectivity index (χ0v) is 8.88. The Labute approximate surface area is 89.7 Å². The van der Waals surface area contributed by atoms with Crippen molar-refractivity contribution < 1.29 is 4.79 Å². The van der Waals surface area contributed by atoms with Gasteiger partial charge in [-0.25, -0.2) is 0 Å². The van der Waals surface area contributed by atoms with Gasteiger partial charge >= 0.3 is 0 Å². The molecule has 1 aliphatic heterocycles. The molecule has 0 unspecified atom stereocenters. The van der Waals surface area contributed by atoms with Crippen LogP contribution in [-0.4, -0.2) is 37.5 Å². The molecule has 0 atom stereocenters. The number of nitrogens with one attached hydrogen (secondary N) is 3. The van der Waals surface area contributed by atoms with Crippen molar-refractivity contribution in [3.63, 3.8) is 0 Å². The van der Waals surface area contributed by atoms with Crippen molar-refractivity contribution in [3.8, 4) is 0 Å². The minimum Gasteiger partial charge on any atom is -0.356 e. The van der Waals surface area contributed by atoms with E-state index in [4.69, 9.17) is 0 Å². The predicted octanol–water partition coefficient (Wildman–Crippen LogP) is -0.406. The molecular formula is C10H18N4O. The van der Waals surface area contributed by atoms with Crippen LogP contribution in [0.5, 0.6) is 0 Å². The third-order valence-electron chi connectivity index (χ3n) is 2.49. The summed E-state index contributed by atoms with van der Waals surface area (Å²) in [6, 6.07) is 0.478. The molecule has 1 fully saturated rings. The van der Waals surface area contributed by atoms with Gasteiger partial charge < -0.3 is 16.0 Å². The molecule has 1 heterocycles. The van der Waals surface area contributed by atoms with E-state index in [1.807, 2.05) is 0 Å². The summed E-state index contributed by atoms with van der Waals surface area (Å²) in [6.07, 6.45) is 3.78. The van der Waals surface area contributed by atoms with Crippen molar-refractivity contribution in [1.29, 1.82) is 0 Å². The molecule has 0 aromatic rings. The van der Waals surface area contributed by atoms with Crippen LogP contribution in [0.1, 0.15) is 25.7 Å². The summed E-state index contributed by atoms with van der Waals surface area (Å²) < 4.78 is 0. The van der Waals surface area contributed by atoms with E-state index < -0.39 is 0 Å². The first-order valence-corrected chi connectivity index (χ1v) is 5.66. The Balaban J connectivity index is 1.48. The summed E-state index contributed by atoms with van der Waals surface area (Å²) in [5.74, 6) is 1.05. The lowest BCUT2D eigenvalue weighted by atomic mass is 10.3. The SMILES string of the molecule is O=C(CCCNC1=NCCN1)NC1CC1. The molecule has 2 rings (SSSR count). The van der Waals surface area contributed by atoms with Gasteiger partial charge in [0.05, 0.1) is 6.54 Å². The second-order valence-corrected chi connectivity index (χ2v) is 4.03. The first-order valence-electron chi connectivity index (χ1n) is 5.66. The summed E-state index contributed by atoms with van der Waals surface area (Å²) in [5.41, 5.74) is 0. The summed E-state index contributed by atoms with van der Waals surface area (Å²) in [7, 11) is 0. The quantitative estimate of drug-likeness (QED) is 0.541. The number of carbonyl (C=O) groups excluding carboxylic acids is 1. The molecule has 0 aromatic carbocycles. The van der Waals surface area contributed by atoms with Gasteiger partial charge in [-0.2, -0.15) is 0 Å². The van der Waals surface area contributed by atoms with Crippen molar-refractivity contribution in [2.45, 2.75) is 31.7 Å². The number of hydrogen-bond acceptors (Lipinski definition) is 4. The summed E-state index contributed by atoms with van der Waals surface area (Å²) >= 11 is 0. The number of rotatable bonds is 5. The Hall–Kier alpha value is -1.26. The maximum absolute atomic E-state index is 11.3. The lowest BCUT2D eigenvalue weighted by Gasteiger charge is -2.06. The minimum absolute atomic E-state index is 0.181. The molecule has 15 heavy (non-hydrogen) atoms. The van der Waals surface area contributed by atoms with Crippen LogP contribution in [-0.2, 0) is 4.79 Å². The fourth-order valence-electron chi connectivity index (χ4n) is 1.50. The topological polar surface area (TPSA) is 65.5 Å². The van der Waals surface area contributed by atoms with Gasteiger partial charge in [0.2, 0.25) is 5.91 Å². The van der Waals surface area contributed by atoms with Gasteiger partial charge in [0.1, 0.15) is 0 Å². The first-order chi connectivity index (χ1) is 7.34. The minimum atomic E-state index is 0.181. The van der Waals surface area contributed by atoms with Crippen LogP contribution in [0.2, 0.25) is 0 Å². The van der Waals surface area contributed by atoms with E-state index in [0.29, 0.717) is 12.5 Å². The molecule has 1 aliphatic carbocycles. The van der Waals surface area contributed by atoms with Crippen molar-refractivity contribution in [2.24, 2.45) is 4.99 Å². The molecule has 0 bridgehead atoms. The van der Waals surface area contributed by atoms with Gasteiger partial charge in [-0.3, -0.25) is 9.79 Å². The Kier molecular flexibility index (Phi) is 3.42. The normalized spacial score (nSPS) is 19.3. The monoisotopic (exact) mass is 210 g/mol. The van der Waals surface area contributed by atoms with Crippen LogP contribution < -0.4 is 16.0 Å². The maximum Gasteiger partial charge on any atom is 0.220 e. The number of nitrogens with zero attached hydrogens (tertiary/aromatic N) is 1. The van der Waals surface area contributed by atoms with E-state index in [-0.39, 0.29) is 5.91 Å². The summed E-state index contributed by atoms with van der Waals surface area (Å²) in [5, 5.41) is 9.26. The van der Waals surface area contributed by atoms with Crippen LogP contribution in [0.15, 0.2) is 4.99 Å². The molecule has 0 aromatic heterocycles. The van der Waals surface area contributed by atoms with Crippen LogP contribution in [0.3, 0.4) is 0 Å². The molecule has 0 radical (unpaired) electrons. The second-order valence-electron chi connectivity index (χ2n) is 4.03. The average Bonchev–Trinajstić information content (AvgIpc) is 2.87. The van der Waals surface area contributed by atoms with E-state index in [9.17, 15) is 4.79 Å². The number of aliphatic imine (C=N–C) groups is 1. The largest absolute Gasteiger partial charge is 0.356 e. The maximum atomic E-state index is 11.3. The van der Waals surface area contributed by atoms with Gasteiger partial charge in [0.25, 0.3) is 0 Å². The van der Waals surface area contributed by atoms with Crippen molar-refractivity contribution >= 4 is 11.9 Å². The Morgan fingerprint density at radius 3 is 3.07 bits per heavy atom. The van der Waals surface area contributed by atoms with Gasteiger partial charge in [-0.15, -0.1) is 0 Å². The summed E-state index contributed by atoms with van der Waals surface area (Å²) in [4.78, 5) is 15.5. The fraction of sp³-hybridized carbons (Fsp3) is 0.800. The number of hydrogen-bond donors (Lipinski definition) is 3. The van der Waals surface area contributed by atoms with Gasteiger partial charge in [-0.05, 0) is 19.3 Å². The molecule has 5 nitrogen and oxygen atoms in total. The third kappa shape index (κ3) is 3.77. The van der Waals surface area contributed by atoms with Crippen LogP contribution in [0.25, 0.3) is 0 Å². The molecule has 3 N–H and O–H groups in total. The van der Waals surface area contributed by atoms with Crippen molar-refractivity contribution in [3.05, 3.63) is 0 Å². The van der Waals surface area contributed by atoms with E-state index in [1.165, 1.54) is 0 Å². The van der Waals surface area contributed by atoms with E-state index in [0.717, 1.165) is 44.9 Å². The fourth-order valence-corrected chi connectivity index (χ4v) is 1.50. The van der Waals surface area contributed by atoms with Crippen LogP contribution in [0, 0.1) is 0 Å². The lowest BCUT2D eigenvalue weighted by molar-refractivity contribution is -0.121. The Morgan fingerprint density at radius 2 is 2.40 bits per heavy atom. The molecule has 0 spiro atoms. The van der Waals surface area contributed by atoms with E-state index in [1.54, 1.807) is 0 Å². The summed E-state index contributed by atoms with van der Waals surface area (Å²) in [6.45, 7) is 2.58. The highest BCUT2D eigenvalue weighted by Crippen LogP contribution is 2.18. The molecule has 1 saturated carbocycles. The number of carbonyl (C=O) groups is 1. The van der Waals surface area contributed by atoms with Gasteiger partial charge in [-0.1, -0.05) is 0 Å². The zero-order chi connectivity index (χ0) is 10.5. The Bertz CT molecular complexity index is 260. The van der Waals surface area contributed by atoms with Gasteiger partial charge in [0.15, 0.2) is 5.96 Å². The molecule has 2 aliphatic rings. The molecular weight excluding hydrogens is 192 g/mol. The highest BCUT2D eigenvalue weighted by Gasteiger charge is 2.22. The first kappa shape index (κ1) is 10.3.